The van der Waals surface area contributed by atoms with Crippen LogP contribution < -0.4 is 4.74 Å². The molecule has 25 heavy (non-hydrogen) atoms. The number of aryl methyl sites for hydroxylation is 1. The second-order valence-electron chi connectivity index (χ2n) is 7.15. The number of ether oxygens (including phenoxy) is 2. The highest BCUT2D eigenvalue weighted by atomic mass is 16.6. The Balaban J connectivity index is 1.99. The highest BCUT2D eigenvalue weighted by Gasteiger charge is 2.63. The van der Waals surface area contributed by atoms with Crippen molar-refractivity contribution in [3.05, 3.63) is 64.7 Å². The minimum absolute atomic E-state index is 0.171. The molecule has 4 nitrogen and oxygen atoms in total. The van der Waals surface area contributed by atoms with E-state index in [2.05, 4.69) is 19.9 Å². The number of benzene rings is 2. The van der Waals surface area contributed by atoms with Gasteiger partial charge in [0, 0.05) is 5.92 Å². The third-order valence-electron chi connectivity index (χ3n) is 5.11. The van der Waals surface area contributed by atoms with Crippen LogP contribution in [0.25, 0.3) is 0 Å². The summed E-state index contributed by atoms with van der Waals surface area (Å²) in [5, 5.41) is 0. The fraction of sp³-hybridized carbons (Fsp3) is 0.333. The molecule has 4 rings (SSSR count). The lowest BCUT2D eigenvalue weighted by Gasteiger charge is -2.28. The molecule has 2 aromatic rings. The first-order valence-electron chi connectivity index (χ1n) is 8.57. The number of carbonyl (C=O) groups is 2. The summed E-state index contributed by atoms with van der Waals surface area (Å²) in [5.41, 5.74) is 2.27. The van der Waals surface area contributed by atoms with E-state index in [1.54, 1.807) is 0 Å². The van der Waals surface area contributed by atoms with Gasteiger partial charge in [-0.15, -0.1) is 0 Å². The average Bonchev–Trinajstić information content (AvgIpc) is 3.05. The Kier molecular flexibility index (Phi) is 3.46. The van der Waals surface area contributed by atoms with E-state index in [9.17, 15) is 9.59 Å². The van der Waals surface area contributed by atoms with Crippen LogP contribution in [0.5, 0.6) is 5.75 Å². The van der Waals surface area contributed by atoms with Gasteiger partial charge in [0.1, 0.15) is 5.75 Å². The molecule has 0 aromatic heterocycles. The summed E-state index contributed by atoms with van der Waals surface area (Å²) in [7, 11) is 0. The Morgan fingerprint density at radius 3 is 2.52 bits per heavy atom. The van der Waals surface area contributed by atoms with E-state index >= 15 is 0 Å². The van der Waals surface area contributed by atoms with Crippen molar-refractivity contribution in [3.8, 4) is 5.75 Å². The van der Waals surface area contributed by atoms with Crippen molar-refractivity contribution in [2.24, 2.45) is 0 Å². The molecule has 2 aliphatic heterocycles. The van der Waals surface area contributed by atoms with Crippen LogP contribution in [0.4, 0.5) is 0 Å². The summed E-state index contributed by atoms with van der Waals surface area (Å²) in [6, 6.07) is 13.5. The smallest absolute Gasteiger partial charge is 0.361 e. The van der Waals surface area contributed by atoms with Gasteiger partial charge in [-0.05, 0) is 35.6 Å². The Morgan fingerprint density at radius 1 is 1.12 bits per heavy atom. The predicted octanol–water partition coefficient (Wildman–Crippen LogP) is 3.96. The molecule has 2 heterocycles. The third kappa shape index (κ3) is 2.20. The number of hydrogen-bond donors (Lipinski definition) is 0. The van der Waals surface area contributed by atoms with Gasteiger partial charge in [0.25, 0.3) is 0 Å². The van der Waals surface area contributed by atoms with Gasteiger partial charge in [0.05, 0.1) is 12.0 Å². The van der Waals surface area contributed by atoms with Gasteiger partial charge in [0.2, 0.25) is 5.60 Å². The summed E-state index contributed by atoms with van der Waals surface area (Å²) >= 11 is 0. The molecular weight excluding hydrogens is 316 g/mol. The summed E-state index contributed by atoms with van der Waals surface area (Å²) in [4.78, 5) is 25.2. The van der Waals surface area contributed by atoms with E-state index in [-0.39, 0.29) is 24.2 Å². The predicted molar refractivity (Wildman–Crippen MR) is 92.5 cm³/mol. The number of fused-ring (bicyclic) bond motifs is 2. The van der Waals surface area contributed by atoms with Crippen LogP contribution in [-0.2, 0) is 19.9 Å². The minimum Gasteiger partial charge on any atom is -0.441 e. The number of hydrogen-bond acceptors (Lipinski definition) is 4. The van der Waals surface area contributed by atoms with E-state index in [0.29, 0.717) is 5.75 Å². The zero-order valence-corrected chi connectivity index (χ0v) is 14.5. The fourth-order valence-corrected chi connectivity index (χ4v) is 4.04. The molecule has 4 heteroatoms. The van der Waals surface area contributed by atoms with E-state index < -0.39 is 11.6 Å². The molecular formula is C21H20O4. The van der Waals surface area contributed by atoms with Crippen molar-refractivity contribution in [1.82, 2.24) is 0 Å². The van der Waals surface area contributed by atoms with Gasteiger partial charge in [-0.25, -0.2) is 4.79 Å². The summed E-state index contributed by atoms with van der Waals surface area (Å²) in [6.45, 7) is 6.11. The fourth-order valence-electron chi connectivity index (χ4n) is 4.04. The van der Waals surface area contributed by atoms with Gasteiger partial charge < -0.3 is 9.47 Å². The van der Waals surface area contributed by atoms with Crippen molar-refractivity contribution in [2.75, 3.05) is 0 Å². The number of carbonyl (C=O) groups excluding carboxylic acids is 2. The van der Waals surface area contributed by atoms with Gasteiger partial charge in [-0.2, -0.15) is 0 Å². The molecule has 0 unspecified atom stereocenters. The van der Waals surface area contributed by atoms with Crippen LogP contribution >= 0.6 is 0 Å². The molecule has 0 amide bonds. The molecule has 2 atom stereocenters. The lowest BCUT2D eigenvalue weighted by Crippen LogP contribution is -2.39. The van der Waals surface area contributed by atoms with Gasteiger partial charge in [0.15, 0.2) is 0 Å². The van der Waals surface area contributed by atoms with Crippen LogP contribution in [0.3, 0.4) is 0 Å². The summed E-state index contributed by atoms with van der Waals surface area (Å²) < 4.78 is 11.3. The first kappa shape index (κ1) is 15.9. The standard InChI is InChI=1S/C21H20O4/c1-12(2)15-9-13(3)10-17-19(15)21(20(23)24-17)16(11-18(22)25-21)14-7-5-4-6-8-14/h4-10,12,16H,11H2,1-3H3/t16-,21+/m1/s1. The average molecular weight is 336 g/mol. The second kappa shape index (κ2) is 5.45. The zero-order valence-electron chi connectivity index (χ0n) is 14.5. The summed E-state index contributed by atoms with van der Waals surface area (Å²) in [6.07, 6.45) is 0.171. The topological polar surface area (TPSA) is 52.6 Å². The Morgan fingerprint density at radius 2 is 1.84 bits per heavy atom. The van der Waals surface area contributed by atoms with Crippen LogP contribution in [0, 0.1) is 6.92 Å². The lowest BCUT2D eigenvalue weighted by atomic mass is 9.75. The molecule has 1 spiro atoms. The van der Waals surface area contributed by atoms with Gasteiger partial charge in [-0.3, -0.25) is 4.79 Å². The SMILES string of the molecule is Cc1cc2c(c(C(C)C)c1)[C@]1(OC(=O)C[C@@H]1c1ccccc1)C(=O)O2. The first-order chi connectivity index (χ1) is 11.9. The molecule has 0 N–H and O–H groups in total. The quantitative estimate of drug-likeness (QED) is 0.615. The van der Waals surface area contributed by atoms with Gasteiger partial charge in [-0.1, -0.05) is 50.2 Å². The molecule has 0 radical (unpaired) electrons. The highest BCUT2D eigenvalue weighted by Crippen LogP contribution is 2.56. The molecule has 2 aliphatic rings. The molecule has 1 saturated heterocycles. The maximum atomic E-state index is 13.0. The number of rotatable bonds is 2. The maximum Gasteiger partial charge on any atom is 0.361 e. The largest absolute Gasteiger partial charge is 0.441 e. The van der Waals surface area contributed by atoms with Crippen LogP contribution in [0.2, 0.25) is 0 Å². The Bertz CT molecular complexity index is 869. The van der Waals surface area contributed by atoms with Crippen LogP contribution in [-0.4, -0.2) is 11.9 Å². The second-order valence-corrected chi connectivity index (χ2v) is 7.15. The highest BCUT2D eigenvalue weighted by molar-refractivity contribution is 5.96. The van der Waals surface area contributed by atoms with E-state index in [4.69, 9.17) is 9.47 Å². The Labute approximate surface area is 146 Å². The van der Waals surface area contributed by atoms with E-state index in [1.807, 2.05) is 43.3 Å². The first-order valence-corrected chi connectivity index (χ1v) is 8.57. The molecule has 0 saturated carbocycles. The molecule has 2 aromatic carbocycles. The minimum atomic E-state index is -1.37. The monoisotopic (exact) mass is 336 g/mol. The van der Waals surface area contributed by atoms with Crippen molar-refractivity contribution in [2.45, 2.75) is 44.6 Å². The van der Waals surface area contributed by atoms with E-state index in [0.717, 1.165) is 22.3 Å². The molecule has 1 fully saturated rings. The van der Waals surface area contributed by atoms with Gasteiger partial charge >= 0.3 is 11.9 Å². The third-order valence-corrected chi connectivity index (χ3v) is 5.11. The summed E-state index contributed by atoms with van der Waals surface area (Å²) in [5.74, 6) is -0.543. The maximum absolute atomic E-state index is 13.0. The zero-order chi connectivity index (χ0) is 17.8. The number of esters is 2. The van der Waals surface area contributed by atoms with Crippen molar-refractivity contribution in [3.63, 3.8) is 0 Å². The molecule has 128 valence electrons. The van der Waals surface area contributed by atoms with Crippen LogP contribution in [0.1, 0.15) is 54.4 Å². The van der Waals surface area contributed by atoms with Crippen molar-refractivity contribution >= 4 is 11.9 Å². The normalized spacial score (nSPS) is 24.6. The lowest BCUT2D eigenvalue weighted by molar-refractivity contribution is -0.166. The van der Waals surface area contributed by atoms with Crippen molar-refractivity contribution in [1.29, 1.82) is 0 Å². The molecule has 0 bridgehead atoms. The van der Waals surface area contributed by atoms with E-state index in [1.165, 1.54) is 0 Å². The van der Waals surface area contributed by atoms with Crippen LogP contribution in [0.15, 0.2) is 42.5 Å². The van der Waals surface area contributed by atoms with Crippen molar-refractivity contribution < 1.29 is 19.1 Å². The Hall–Kier alpha value is -2.62. The molecule has 0 aliphatic carbocycles.